The molecular formula is C22H30N4O6S2. The lowest BCUT2D eigenvalue weighted by Crippen LogP contribution is -2.30. The summed E-state index contributed by atoms with van der Waals surface area (Å²) in [5.41, 5.74) is -0.136. The first-order chi connectivity index (χ1) is 16.1. The summed E-state index contributed by atoms with van der Waals surface area (Å²) in [4.78, 5) is 24.5. The Morgan fingerprint density at radius 2 is 1.91 bits per heavy atom. The monoisotopic (exact) mass is 510 g/mol. The first-order valence-electron chi connectivity index (χ1n) is 10.7. The standard InChI is InChI=1S/C22H30N4O6S2/c1-25(13-6-5-9-22(27)28)14-12-17(16-33-18-7-3-2-4-8-18)24-20-11-10-19(34(23,31)32)15-21(20)26(29)30/h2-4,7-8,10-11,15,17,24H,5-6,9,12-14,16H2,1H3,(H,27,28)(H2,23,31,32). The van der Waals surface area contributed by atoms with Crippen molar-refractivity contribution in [2.75, 3.05) is 31.2 Å². The summed E-state index contributed by atoms with van der Waals surface area (Å²) in [6, 6.07) is 13.2. The lowest BCUT2D eigenvalue weighted by Gasteiger charge is -2.23. The van der Waals surface area contributed by atoms with Crippen LogP contribution < -0.4 is 10.5 Å². The first kappa shape index (κ1) is 27.6. The van der Waals surface area contributed by atoms with Crippen molar-refractivity contribution in [2.24, 2.45) is 5.14 Å². The molecule has 4 N–H and O–H groups in total. The molecule has 0 amide bonds. The lowest BCUT2D eigenvalue weighted by atomic mass is 10.2. The van der Waals surface area contributed by atoms with E-state index >= 15 is 0 Å². The summed E-state index contributed by atoms with van der Waals surface area (Å²) < 4.78 is 23.2. The van der Waals surface area contributed by atoms with Crippen LogP contribution in [0.2, 0.25) is 0 Å². The lowest BCUT2D eigenvalue weighted by molar-refractivity contribution is -0.384. The third-order valence-corrected chi connectivity index (χ3v) is 7.17. The van der Waals surface area contributed by atoms with Crippen LogP contribution in [0.25, 0.3) is 0 Å². The van der Waals surface area contributed by atoms with Gasteiger partial charge in [0, 0.05) is 29.2 Å². The van der Waals surface area contributed by atoms with Gasteiger partial charge in [0.2, 0.25) is 10.0 Å². The van der Waals surface area contributed by atoms with E-state index in [4.69, 9.17) is 10.2 Å². The molecule has 0 heterocycles. The fraction of sp³-hybridized carbons (Fsp3) is 0.409. The highest BCUT2D eigenvalue weighted by molar-refractivity contribution is 7.99. The molecule has 0 aliphatic heterocycles. The van der Waals surface area contributed by atoms with E-state index < -0.39 is 20.9 Å². The summed E-state index contributed by atoms with van der Waals surface area (Å²) in [5, 5.41) is 28.7. The Bertz CT molecular complexity index is 1070. The minimum atomic E-state index is -4.07. The van der Waals surface area contributed by atoms with Gasteiger partial charge in [-0.2, -0.15) is 0 Å². The smallest absolute Gasteiger partial charge is 0.303 e. The Morgan fingerprint density at radius 1 is 1.21 bits per heavy atom. The molecule has 1 unspecified atom stereocenters. The summed E-state index contributed by atoms with van der Waals surface area (Å²) >= 11 is 1.61. The molecule has 0 fully saturated rings. The maximum atomic E-state index is 11.6. The number of carbonyl (C=O) groups is 1. The largest absolute Gasteiger partial charge is 0.481 e. The number of carboxylic acid groups (broad SMARTS) is 1. The van der Waals surface area contributed by atoms with E-state index in [1.165, 1.54) is 12.1 Å². The molecule has 12 heteroatoms. The molecular weight excluding hydrogens is 480 g/mol. The summed E-state index contributed by atoms with van der Waals surface area (Å²) in [6.07, 6.45) is 2.18. The molecule has 2 rings (SSSR count). The van der Waals surface area contributed by atoms with Crippen molar-refractivity contribution >= 4 is 39.1 Å². The van der Waals surface area contributed by atoms with Gasteiger partial charge in [0.15, 0.2) is 0 Å². The van der Waals surface area contributed by atoms with Crippen molar-refractivity contribution in [1.82, 2.24) is 4.90 Å². The minimum absolute atomic E-state index is 0.143. The normalized spacial score (nSPS) is 12.4. The molecule has 0 saturated heterocycles. The van der Waals surface area contributed by atoms with Gasteiger partial charge in [-0.05, 0) is 63.7 Å². The van der Waals surface area contributed by atoms with E-state index in [-0.39, 0.29) is 28.7 Å². The number of nitrogens with zero attached hydrogens (tertiary/aromatic N) is 2. The van der Waals surface area contributed by atoms with Gasteiger partial charge in [-0.25, -0.2) is 13.6 Å². The SMILES string of the molecule is CN(CCCCC(=O)O)CCC(CSc1ccccc1)Nc1ccc(S(N)(=O)=O)cc1[N+](=O)[O-]. The number of nitro benzene ring substituents is 1. The van der Waals surface area contributed by atoms with Crippen molar-refractivity contribution < 1.29 is 23.2 Å². The van der Waals surface area contributed by atoms with Crippen molar-refractivity contribution in [3.05, 3.63) is 58.6 Å². The van der Waals surface area contributed by atoms with Gasteiger partial charge in [0.05, 0.1) is 9.82 Å². The zero-order chi connectivity index (χ0) is 25.1. The zero-order valence-electron chi connectivity index (χ0n) is 18.9. The van der Waals surface area contributed by atoms with E-state index in [0.717, 1.165) is 23.9 Å². The van der Waals surface area contributed by atoms with Gasteiger partial charge in [-0.1, -0.05) is 18.2 Å². The number of rotatable bonds is 15. The molecule has 0 aliphatic rings. The highest BCUT2D eigenvalue weighted by Crippen LogP contribution is 2.29. The zero-order valence-corrected chi connectivity index (χ0v) is 20.6. The Labute approximate surface area is 203 Å². The Kier molecular flexibility index (Phi) is 10.8. The number of benzene rings is 2. The molecule has 0 radical (unpaired) electrons. The average molecular weight is 511 g/mol. The Hall–Kier alpha value is -2.67. The predicted octanol–water partition coefficient (Wildman–Crippen LogP) is 3.39. The Balaban J connectivity index is 2.11. The fourth-order valence-electron chi connectivity index (χ4n) is 3.24. The van der Waals surface area contributed by atoms with Crippen LogP contribution in [0, 0.1) is 10.1 Å². The van der Waals surface area contributed by atoms with E-state index in [1.807, 2.05) is 37.4 Å². The number of hydrogen-bond acceptors (Lipinski definition) is 8. The van der Waals surface area contributed by atoms with Crippen LogP contribution in [0.3, 0.4) is 0 Å². The Morgan fingerprint density at radius 3 is 2.53 bits per heavy atom. The maximum Gasteiger partial charge on any atom is 0.303 e. The number of sulfonamides is 1. The second-order valence-electron chi connectivity index (χ2n) is 7.89. The number of anilines is 1. The number of nitrogens with one attached hydrogen (secondary N) is 1. The number of carboxylic acids is 1. The van der Waals surface area contributed by atoms with Gasteiger partial charge >= 0.3 is 5.97 Å². The molecule has 0 bridgehead atoms. The summed E-state index contributed by atoms with van der Waals surface area (Å²) in [5.74, 6) is -0.176. The van der Waals surface area contributed by atoms with Crippen LogP contribution >= 0.6 is 11.8 Å². The molecule has 0 aliphatic carbocycles. The van der Waals surface area contributed by atoms with Crippen LogP contribution in [0.5, 0.6) is 0 Å². The molecule has 34 heavy (non-hydrogen) atoms. The number of thioether (sulfide) groups is 1. The molecule has 1 atom stereocenters. The van der Waals surface area contributed by atoms with E-state index in [0.29, 0.717) is 25.1 Å². The van der Waals surface area contributed by atoms with Crippen LogP contribution in [0.4, 0.5) is 11.4 Å². The van der Waals surface area contributed by atoms with Crippen molar-refractivity contribution in [3.8, 4) is 0 Å². The van der Waals surface area contributed by atoms with Crippen LogP contribution in [0.1, 0.15) is 25.7 Å². The molecule has 0 spiro atoms. The number of aliphatic carboxylic acids is 1. The molecule has 10 nitrogen and oxygen atoms in total. The second-order valence-corrected chi connectivity index (χ2v) is 10.5. The summed E-state index contributed by atoms with van der Waals surface area (Å²) in [7, 11) is -2.12. The second kappa shape index (κ2) is 13.3. The fourth-order valence-corrected chi connectivity index (χ4v) is 4.76. The molecule has 186 valence electrons. The minimum Gasteiger partial charge on any atom is -0.481 e. The van der Waals surface area contributed by atoms with Crippen LogP contribution in [-0.2, 0) is 14.8 Å². The van der Waals surface area contributed by atoms with Gasteiger partial charge in [-0.3, -0.25) is 14.9 Å². The number of nitro groups is 1. The van der Waals surface area contributed by atoms with Gasteiger partial charge < -0.3 is 15.3 Å². The van der Waals surface area contributed by atoms with Crippen LogP contribution in [-0.4, -0.2) is 61.2 Å². The maximum absolute atomic E-state index is 11.6. The van der Waals surface area contributed by atoms with Crippen molar-refractivity contribution in [1.29, 1.82) is 0 Å². The summed E-state index contributed by atoms with van der Waals surface area (Å²) in [6.45, 7) is 1.44. The quantitative estimate of drug-likeness (QED) is 0.141. The highest BCUT2D eigenvalue weighted by Gasteiger charge is 2.21. The highest BCUT2D eigenvalue weighted by atomic mass is 32.2. The average Bonchev–Trinajstić information content (AvgIpc) is 2.78. The van der Waals surface area contributed by atoms with Crippen LogP contribution in [0.15, 0.2) is 58.3 Å². The van der Waals surface area contributed by atoms with Gasteiger partial charge in [0.1, 0.15) is 5.69 Å². The first-order valence-corrected chi connectivity index (χ1v) is 13.3. The number of unbranched alkanes of at least 4 members (excludes halogenated alkanes) is 1. The molecule has 0 aromatic heterocycles. The van der Waals surface area contributed by atoms with E-state index in [2.05, 4.69) is 10.2 Å². The third kappa shape index (κ3) is 9.67. The molecule has 2 aromatic rings. The van der Waals surface area contributed by atoms with E-state index in [1.54, 1.807) is 11.8 Å². The topological polar surface area (TPSA) is 156 Å². The number of primary sulfonamides is 1. The number of nitrogens with two attached hydrogens (primary N) is 1. The van der Waals surface area contributed by atoms with E-state index in [9.17, 15) is 23.3 Å². The van der Waals surface area contributed by atoms with Crippen molar-refractivity contribution in [3.63, 3.8) is 0 Å². The van der Waals surface area contributed by atoms with Gasteiger partial charge in [0.25, 0.3) is 5.69 Å². The third-order valence-electron chi connectivity index (χ3n) is 5.09. The van der Waals surface area contributed by atoms with Gasteiger partial charge in [-0.15, -0.1) is 11.8 Å². The van der Waals surface area contributed by atoms with Crippen molar-refractivity contribution in [2.45, 2.75) is 41.5 Å². The number of hydrogen-bond donors (Lipinski definition) is 3. The molecule has 0 saturated carbocycles. The molecule has 2 aromatic carbocycles. The predicted molar refractivity (Wildman–Crippen MR) is 133 cm³/mol.